The van der Waals surface area contributed by atoms with Crippen molar-refractivity contribution in [3.05, 3.63) is 68.6 Å². The van der Waals surface area contributed by atoms with Gasteiger partial charge in [-0.1, -0.05) is 56.0 Å². The lowest BCUT2D eigenvalue weighted by atomic mass is 9.98. The fourth-order valence-electron chi connectivity index (χ4n) is 3.00. The van der Waals surface area contributed by atoms with Crippen LogP contribution in [0.15, 0.2) is 47.4 Å². The molecule has 3 rings (SSSR count). The van der Waals surface area contributed by atoms with Crippen molar-refractivity contribution in [1.29, 1.82) is 0 Å². The summed E-state index contributed by atoms with van der Waals surface area (Å²) in [6, 6.07) is 12.2. The third-order valence-corrected chi connectivity index (χ3v) is 5.96. The van der Waals surface area contributed by atoms with Crippen LogP contribution in [-0.2, 0) is 4.79 Å². The third kappa shape index (κ3) is 5.83. The van der Waals surface area contributed by atoms with Gasteiger partial charge in [0.25, 0.3) is 11.6 Å². The zero-order chi connectivity index (χ0) is 22.4. The Morgan fingerprint density at radius 3 is 2.55 bits per heavy atom. The maximum Gasteiger partial charge on any atom is 0.270 e. The van der Waals surface area contributed by atoms with Crippen molar-refractivity contribution in [3.63, 3.8) is 0 Å². The fraction of sp³-hybridized carbons (Fsp3) is 0.273. The summed E-state index contributed by atoms with van der Waals surface area (Å²) >= 11 is 6.10. The standard InChI is InChI=1S/C22H22N2O5S2/c1-3-14(2)17-6-4-5-7-19(17)29-11-10-28-18-9-8-16(24(26)27)12-15(18)13-20-21(25)23-22(30)31-20/h4-9,12-14H,3,10-11H2,1-2H3,(H,23,25,30)/b20-13-. The quantitative estimate of drug-likeness (QED) is 0.185. The van der Waals surface area contributed by atoms with Gasteiger partial charge in [0.15, 0.2) is 0 Å². The first-order valence-corrected chi connectivity index (χ1v) is 11.0. The van der Waals surface area contributed by atoms with Crippen molar-refractivity contribution in [2.45, 2.75) is 26.2 Å². The summed E-state index contributed by atoms with van der Waals surface area (Å²) in [5.74, 6) is 1.28. The number of thioether (sulfide) groups is 1. The second-order valence-electron chi connectivity index (χ2n) is 6.88. The van der Waals surface area contributed by atoms with Crippen molar-refractivity contribution in [2.24, 2.45) is 0 Å². The Morgan fingerprint density at radius 2 is 1.90 bits per heavy atom. The first kappa shape index (κ1) is 22.8. The largest absolute Gasteiger partial charge is 0.490 e. The van der Waals surface area contributed by atoms with Crippen LogP contribution in [-0.4, -0.2) is 28.4 Å². The molecule has 1 N–H and O–H groups in total. The predicted octanol–water partition coefficient (Wildman–Crippen LogP) is 5.05. The molecule has 31 heavy (non-hydrogen) atoms. The average Bonchev–Trinajstić information content (AvgIpc) is 3.08. The lowest BCUT2D eigenvalue weighted by molar-refractivity contribution is -0.384. The van der Waals surface area contributed by atoms with Gasteiger partial charge in [-0.3, -0.25) is 14.9 Å². The molecule has 1 unspecified atom stereocenters. The monoisotopic (exact) mass is 458 g/mol. The number of nitrogens with one attached hydrogen (secondary N) is 1. The van der Waals surface area contributed by atoms with Crippen molar-refractivity contribution in [1.82, 2.24) is 5.32 Å². The third-order valence-electron chi connectivity index (χ3n) is 4.79. The van der Waals surface area contributed by atoms with E-state index in [1.807, 2.05) is 18.2 Å². The summed E-state index contributed by atoms with van der Waals surface area (Å²) in [7, 11) is 0. The number of amides is 1. The van der Waals surface area contributed by atoms with Gasteiger partial charge in [0, 0.05) is 17.7 Å². The van der Waals surface area contributed by atoms with Gasteiger partial charge in [-0.2, -0.15) is 0 Å². The highest BCUT2D eigenvalue weighted by Gasteiger charge is 2.23. The average molecular weight is 459 g/mol. The van der Waals surface area contributed by atoms with Crippen molar-refractivity contribution < 1.29 is 19.2 Å². The zero-order valence-electron chi connectivity index (χ0n) is 17.1. The van der Waals surface area contributed by atoms with Gasteiger partial charge in [-0.15, -0.1) is 0 Å². The Morgan fingerprint density at radius 1 is 1.19 bits per heavy atom. The molecule has 1 atom stereocenters. The Bertz CT molecular complexity index is 1040. The van der Waals surface area contributed by atoms with Gasteiger partial charge in [0.05, 0.1) is 9.83 Å². The lowest BCUT2D eigenvalue weighted by Gasteiger charge is -2.16. The first-order valence-electron chi connectivity index (χ1n) is 9.76. The van der Waals surface area contributed by atoms with Gasteiger partial charge in [-0.25, -0.2) is 0 Å². The first-order chi connectivity index (χ1) is 14.9. The molecule has 1 amide bonds. The molecule has 0 aromatic heterocycles. The molecule has 0 saturated carbocycles. The van der Waals surface area contributed by atoms with Crippen molar-refractivity contribution in [3.8, 4) is 11.5 Å². The minimum Gasteiger partial charge on any atom is -0.490 e. The maximum absolute atomic E-state index is 12.0. The van der Waals surface area contributed by atoms with E-state index in [1.165, 1.54) is 18.2 Å². The van der Waals surface area contributed by atoms with Crippen LogP contribution in [0.3, 0.4) is 0 Å². The summed E-state index contributed by atoms with van der Waals surface area (Å²) in [4.78, 5) is 23.0. The van der Waals surface area contributed by atoms with E-state index >= 15 is 0 Å². The Kier molecular flexibility index (Phi) is 7.64. The minimum atomic E-state index is -0.493. The lowest BCUT2D eigenvalue weighted by Crippen LogP contribution is -2.17. The molecule has 1 aliphatic rings. The molecular formula is C22H22N2O5S2. The van der Waals surface area contributed by atoms with Gasteiger partial charge < -0.3 is 14.8 Å². The molecule has 7 nitrogen and oxygen atoms in total. The molecule has 1 saturated heterocycles. The van der Waals surface area contributed by atoms with E-state index in [0.29, 0.717) is 33.1 Å². The van der Waals surface area contributed by atoms with Gasteiger partial charge >= 0.3 is 0 Å². The Labute approximate surface area is 190 Å². The van der Waals surface area contributed by atoms with E-state index in [4.69, 9.17) is 21.7 Å². The van der Waals surface area contributed by atoms with Crippen molar-refractivity contribution in [2.75, 3.05) is 13.2 Å². The number of carbonyl (C=O) groups excluding carboxylic acids is 1. The van der Waals surface area contributed by atoms with E-state index in [2.05, 4.69) is 25.2 Å². The van der Waals surface area contributed by atoms with Crippen LogP contribution in [0.2, 0.25) is 0 Å². The Hall–Kier alpha value is -2.91. The number of ether oxygens (including phenoxy) is 2. The molecule has 162 valence electrons. The van der Waals surface area contributed by atoms with E-state index in [9.17, 15) is 14.9 Å². The van der Waals surface area contributed by atoms with E-state index < -0.39 is 4.92 Å². The Balaban J connectivity index is 1.72. The molecular weight excluding hydrogens is 436 g/mol. The molecule has 1 heterocycles. The molecule has 9 heteroatoms. The number of hydrogen-bond donors (Lipinski definition) is 1. The normalized spacial score (nSPS) is 15.6. The van der Waals surface area contributed by atoms with Gasteiger partial charge in [0.1, 0.15) is 29.0 Å². The summed E-state index contributed by atoms with van der Waals surface area (Å²) in [5.41, 5.74) is 1.48. The molecule has 0 bridgehead atoms. The topological polar surface area (TPSA) is 90.7 Å². The smallest absolute Gasteiger partial charge is 0.270 e. The minimum absolute atomic E-state index is 0.0936. The number of para-hydroxylation sites is 1. The van der Waals surface area contributed by atoms with Gasteiger partial charge in [-0.05, 0) is 36.1 Å². The van der Waals surface area contributed by atoms with Gasteiger partial charge in [0.2, 0.25) is 0 Å². The molecule has 0 radical (unpaired) electrons. The molecule has 2 aromatic rings. The number of benzene rings is 2. The highest BCUT2D eigenvalue weighted by molar-refractivity contribution is 8.26. The number of carbonyl (C=O) groups is 1. The summed E-state index contributed by atoms with van der Waals surface area (Å²) < 4.78 is 12.1. The number of nitro groups is 1. The van der Waals surface area contributed by atoms with Crippen LogP contribution < -0.4 is 14.8 Å². The number of nitro benzene ring substituents is 1. The highest BCUT2D eigenvalue weighted by atomic mass is 32.2. The molecule has 1 aliphatic heterocycles. The summed E-state index contributed by atoms with van der Waals surface area (Å²) in [6.45, 7) is 4.82. The number of hydrogen-bond acceptors (Lipinski definition) is 7. The summed E-state index contributed by atoms with van der Waals surface area (Å²) in [5, 5.41) is 13.7. The number of rotatable bonds is 9. The second-order valence-corrected chi connectivity index (χ2v) is 8.59. The van der Waals surface area contributed by atoms with E-state index in [1.54, 1.807) is 6.08 Å². The number of thiocarbonyl (C=S) groups is 1. The SMILES string of the molecule is CCC(C)c1ccccc1OCCOc1ccc([N+](=O)[O-])cc1/C=C1\SC(=S)NC1=O. The van der Waals surface area contributed by atoms with E-state index in [-0.39, 0.29) is 18.2 Å². The van der Waals surface area contributed by atoms with E-state index in [0.717, 1.165) is 29.5 Å². The predicted molar refractivity (Wildman–Crippen MR) is 126 cm³/mol. The maximum atomic E-state index is 12.0. The molecule has 2 aromatic carbocycles. The van der Waals surface area contributed by atoms with Crippen LogP contribution >= 0.6 is 24.0 Å². The van der Waals surface area contributed by atoms with Crippen molar-refractivity contribution >= 4 is 46.0 Å². The molecule has 0 spiro atoms. The zero-order valence-corrected chi connectivity index (χ0v) is 18.8. The summed E-state index contributed by atoms with van der Waals surface area (Å²) in [6.07, 6.45) is 2.55. The van der Waals surface area contributed by atoms with Crippen LogP contribution in [0.5, 0.6) is 11.5 Å². The molecule has 1 fully saturated rings. The van der Waals surface area contributed by atoms with Crippen LogP contribution in [0.4, 0.5) is 5.69 Å². The number of non-ortho nitro benzene ring substituents is 1. The van der Waals surface area contributed by atoms with Crippen LogP contribution in [0.25, 0.3) is 6.08 Å². The van der Waals surface area contributed by atoms with Crippen LogP contribution in [0.1, 0.15) is 37.3 Å². The second kappa shape index (κ2) is 10.4. The number of nitrogens with zero attached hydrogens (tertiary/aromatic N) is 1. The fourth-order valence-corrected chi connectivity index (χ4v) is 4.03. The highest BCUT2D eigenvalue weighted by Crippen LogP contribution is 2.32. The van der Waals surface area contributed by atoms with Crippen LogP contribution in [0, 0.1) is 10.1 Å². The molecule has 0 aliphatic carbocycles.